The van der Waals surface area contributed by atoms with Gasteiger partial charge in [0.1, 0.15) is 21.4 Å². The lowest BCUT2D eigenvalue weighted by atomic mass is 10.4. The topological polar surface area (TPSA) is 135 Å². The Balaban J connectivity index is -0.0000000608. The van der Waals surface area contributed by atoms with E-state index in [0.29, 0.717) is 12.2 Å². The molecule has 1 atom stereocenters. The van der Waals surface area contributed by atoms with Crippen molar-refractivity contribution in [3.8, 4) is 0 Å². The fraction of sp³-hybridized carbons (Fsp3) is 0.750. The summed E-state index contributed by atoms with van der Waals surface area (Å²) in [5, 5.41) is 2.39. The first-order valence-electron chi connectivity index (χ1n) is 9.25. The van der Waals surface area contributed by atoms with Gasteiger partial charge in [0, 0.05) is 65.9 Å². The SMILES string of the molecule is C=S(C)(=O)CC.CC(=O)N(C)C.CC(C)=O.CCC(C)=O.CNC(C)=O.CS(C)(=O)=O. The van der Waals surface area contributed by atoms with Crippen LogP contribution < -0.4 is 5.32 Å². The van der Waals surface area contributed by atoms with Gasteiger partial charge in [0.05, 0.1) is 0 Å². The number of ketones is 2. The van der Waals surface area contributed by atoms with Crippen LogP contribution in [0.25, 0.3) is 0 Å². The lowest BCUT2D eigenvalue weighted by Gasteiger charge is -2.02. The minimum Gasteiger partial charge on any atom is -0.359 e. The number of Topliss-reactive ketones (excluding diaryl/α,β-unsaturated/α-hetero) is 2. The molecule has 0 bridgehead atoms. The van der Waals surface area contributed by atoms with E-state index in [1.807, 2.05) is 13.8 Å². The molecule has 0 aromatic rings. The van der Waals surface area contributed by atoms with Crippen molar-refractivity contribution < 1.29 is 31.8 Å². The second-order valence-corrected chi connectivity index (χ2v) is 12.0. The maximum absolute atomic E-state index is 10.4. The number of hydrogen-bond donors (Lipinski definition) is 1. The van der Waals surface area contributed by atoms with Gasteiger partial charge in [-0.05, 0) is 36.2 Å². The zero-order valence-electron chi connectivity index (χ0n) is 21.7. The number of amides is 2. The summed E-state index contributed by atoms with van der Waals surface area (Å²) in [4.78, 5) is 40.6. The highest BCUT2D eigenvalue weighted by atomic mass is 32.2. The normalized spacial score (nSPS) is 10.4. The van der Waals surface area contributed by atoms with Gasteiger partial charge in [0.15, 0.2) is 0 Å². The Bertz CT molecular complexity index is 656. The molecular weight excluding hydrogens is 444 g/mol. The standard InChI is InChI=1S/C4H9NO.C4H10OS.C4H8O.C3H7NO.C3H6O.C2H6O2S/c1-4(6)5(2)3;1-4-6(2,3)5;1-3-4(2)5;1-3(5)4-2;1-3(2)4;1-5(2,3)4/h1-3H3;2,4H2,1,3H3;3H2,1-2H3;1-2H3,(H,4,5);1-2H3;1-2H3. The summed E-state index contributed by atoms with van der Waals surface area (Å²) in [6, 6.07) is 0. The molecule has 0 heterocycles. The zero-order chi connectivity index (χ0) is 27.0. The molecule has 31 heavy (non-hydrogen) atoms. The molecule has 11 heteroatoms. The van der Waals surface area contributed by atoms with Crippen LogP contribution in [0.15, 0.2) is 0 Å². The van der Waals surface area contributed by atoms with Crippen molar-refractivity contribution >= 4 is 48.6 Å². The quantitative estimate of drug-likeness (QED) is 0.579. The molecule has 1 unspecified atom stereocenters. The van der Waals surface area contributed by atoms with E-state index in [9.17, 15) is 31.8 Å². The third-order valence-electron chi connectivity index (χ3n) is 2.09. The summed E-state index contributed by atoms with van der Waals surface area (Å²) in [6.07, 6.45) is 4.65. The molecule has 9 nitrogen and oxygen atoms in total. The summed E-state index contributed by atoms with van der Waals surface area (Å²) < 4.78 is 29.7. The Morgan fingerprint density at radius 2 is 0.968 bits per heavy atom. The largest absolute Gasteiger partial charge is 0.359 e. The molecule has 0 aromatic heterocycles. The van der Waals surface area contributed by atoms with E-state index in [-0.39, 0.29) is 23.4 Å². The number of nitrogens with one attached hydrogen (secondary N) is 1. The van der Waals surface area contributed by atoms with E-state index in [4.69, 9.17) is 0 Å². The van der Waals surface area contributed by atoms with Gasteiger partial charge in [-0.1, -0.05) is 13.8 Å². The molecule has 0 aliphatic carbocycles. The molecule has 0 aromatic carbocycles. The first-order chi connectivity index (χ1) is 13.5. The minimum absolute atomic E-state index is 0.00463. The Labute approximate surface area is 191 Å². The van der Waals surface area contributed by atoms with Gasteiger partial charge in [-0.25, -0.2) is 8.42 Å². The lowest BCUT2D eigenvalue weighted by Crippen LogP contribution is -2.17. The number of carbonyl (C=O) groups is 4. The van der Waals surface area contributed by atoms with Crippen molar-refractivity contribution in [2.75, 3.05) is 45.7 Å². The predicted octanol–water partition coefficient (Wildman–Crippen LogP) is 1.44. The Hall–Kier alpha value is -1.75. The highest BCUT2D eigenvalue weighted by molar-refractivity contribution is 7.99. The molecule has 0 saturated heterocycles. The van der Waals surface area contributed by atoms with E-state index >= 15 is 0 Å². The van der Waals surface area contributed by atoms with Crippen LogP contribution in [0, 0.1) is 0 Å². The molecule has 0 radical (unpaired) electrons. The van der Waals surface area contributed by atoms with Gasteiger partial charge < -0.3 is 19.8 Å². The van der Waals surface area contributed by atoms with E-state index < -0.39 is 19.4 Å². The van der Waals surface area contributed by atoms with Crippen molar-refractivity contribution in [3.63, 3.8) is 0 Å². The first-order valence-corrected chi connectivity index (χ1v) is 13.9. The predicted molar refractivity (Wildman–Crippen MR) is 134 cm³/mol. The van der Waals surface area contributed by atoms with Gasteiger partial charge >= 0.3 is 0 Å². The van der Waals surface area contributed by atoms with Crippen LogP contribution in [-0.4, -0.2) is 92.4 Å². The second kappa shape index (κ2) is 26.3. The van der Waals surface area contributed by atoms with Crippen molar-refractivity contribution in [1.82, 2.24) is 10.2 Å². The number of hydrogen-bond acceptors (Lipinski definition) is 7. The third-order valence-corrected chi connectivity index (χ3v) is 3.31. The molecule has 0 fully saturated rings. The molecular formula is C20H46N2O7S2. The molecule has 0 spiro atoms. The number of carbonyl (C=O) groups excluding carboxylic acids is 4. The van der Waals surface area contributed by atoms with Crippen LogP contribution in [-0.2, 0) is 38.5 Å². The van der Waals surface area contributed by atoms with E-state index in [0.717, 1.165) is 12.5 Å². The fourth-order valence-electron chi connectivity index (χ4n) is 0. The van der Waals surface area contributed by atoms with Crippen LogP contribution in [0.4, 0.5) is 0 Å². The molecule has 1 N–H and O–H groups in total. The number of nitrogens with zero attached hydrogens (tertiary/aromatic N) is 1. The smallest absolute Gasteiger partial charge is 0.218 e. The minimum atomic E-state index is -2.67. The Morgan fingerprint density at radius 1 is 0.839 bits per heavy atom. The summed E-state index contributed by atoms with van der Waals surface area (Å²) in [5.74, 6) is 4.62. The highest BCUT2D eigenvalue weighted by Gasteiger charge is 1.87. The monoisotopic (exact) mass is 490 g/mol. The molecule has 0 saturated carbocycles. The van der Waals surface area contributed by atoms with E-state index in [1.165, 1.54) is 32.6 Å². The van der Waals surface area contributed by atoms with Crippen LogP contribution in [0.1, 0.15) is 54.9 Å². The fourth-order valence-corrected chi connectivity index (χ4v) is 0. The summed E-state index contributed by atoms with van der Waals surface area (Å²) >= 11 is 0. The van der Waals surface area contributed by atoms with Gasteiger partial charge in [-0.2, -0.15) is 0 Å². The summed E-state index contributed by atoms with van der Waals surface area (Å²) in [6.45, 7) is 11.4. The van der Waals surface area contributed by atoms with Crippen LogP contribution in [0.2, 0.25) is 0 Å². The maximum atomic E-state index is 10.4. The van der Waals surface area contributed by atoms with Crippen molar-refractivity contribution in [3.05, 3.63) is 0 Å². The van der Waals surface area contributed by atoms with Crippen molar-refractivity contribution in [2.45, 2.75) is 54.9 Å². The first kappa shape index (κ1) is 43.2. The van der Waals surface area contributed by atoms with Gasteiger partial charge in [0.25, 0.3) is 0 Å². The zero-order valence-corrected chi connectivity index (χ0v) is 23.4. The maximum Gasteiger partial charge on any atom is 0.218 e. The van der Waals surface area contributed by atoms with Gasteiger partial charge in [-0.3, -0.25) is 13.8 Å². The molecule has 190 valence electrons. The van der Waals surface area contributed by atoms with Crippen molar-refractivity contribution in [1.29, 1.82) is 0 Å². The lowest BCUT2D eigenvalue weighted by molar-refractivity contribution is -0.126. The average molecular weight is 491 g/mol. The van der Waals surface area contributed by atoms with Gasteiger partial charge in [0.2, 0.25) is 11.8 Å². The van der Waals surface area contributed by atoms with E-state index in [1.54, 1.807) is 34.3 Å². The highest BCUT2D eigenvalue weighted by Crippen LogP contribution is 1.75. The second-order valence-electron chi connectivity index (χ2n) is 6.80. The van der Waals surface area contributed by atoms with Crippen LogP contribution >= 0.6 is 0 Å². The third kappa shape index (κ3) is 228. The number of rotatable bonds is 2. The van der Waals surface area contributed by atoms with Crippen LogP contribution in [0.5, 0.6) is 0 Å². The summed E-state index contributed by atoms with van der Waals surface area (Å²) in [5.41, 5.74) is 0. The number of sulfone groups is 1. The molecule has 2 amide bonds. The van der Waals surface area contributed by atoms with E-state index in [2.05, 4.69) is 11.2 Å². The Kier molecular flexibility index (Phi) is 36.6. The van der Waals surface area contributed by atoms with Crippen molar-refractivity contribution in [2.24, 2.45) is 0 Å². The van der Waals surface area contributed by atoms with Gasteiger partial charge in [-0.15, -0.1) is 0 Å². The Morgan fingerprint density at radius 3 is 0.968 bits per heavy atom. The molecule has 0 rings (SSSR count). The molecule has 0 aliphatic heterocycles. The summed E-state index contributed by atoms with van der Waals surface area (Å²) in [7, 11) is 0.720. The average Bonchev–Trinajstić information content (AvgIpc) is 2.53. The molecule has 0 aliphatic rings. The van der Waals surface area contributed by atoms with Crippen LogP contribution in [0.3, 0.4) is 0 Å².